The third-order valence-electron chi connectivity index (χ3n) is 4.03. The van der Waals surface area contributed by atoms with Crippen LogP contribution in [0.2, 0.25) is 0 Å². The summed E-state index contributed by atoms with van der Waals surface area (Å²) < 4.78 is 10.5. The van der Waals surface area contributed by atoms with Gasteiger partial charge in [0.2, 0.25) is 0 Å². The molecule has 0 unspecified atom stereocenters. The molecule has 1 aliphatic rings. The van der Waals surface area contributed by atoms with Crippen molar-refractivity contribution in [3.8, 4) is 0 Å². The van der Waals surface area contributed by atoms with Gasteiger partial charge < -0.3 is 14.3 Å². The Morgan fingerprint density at radius 3 is 3.09 bits per heavy atom. The number of esters is 1. The number of rotatable bonds is 5. The first-order chi connectivity index (χ1) is 10.7. The van der Waals surface area contributed by atoms with Gasteiger partial charge in [-0.1, -0.05) is 12.1 Å². The largest absolute Gasteiger partial charge is 0.468 e. The van der Waals surface area contributed by atoms with E-state index in [1.165, 1.54) is 7.11 Å². The topological polar surface area (TPSA) is 75.8 Å². The maximum absolute atomic E-state index is 11.7. The highest BCUT2D eigenvalue weighted by Gasteiger charge is 2.36. The van der Waals surface area contributed by atoms with Crippen molar-refractivity contribution in [2.75, 3.05) is 20.2 Å². The van der Waals surface area contributed by atoms with E-state index in [1.54, 1.807) is 0 Å². The van der Waals surface area contributed by atoms with Gasteiger partial charge in [0.25, 0.3) is 0 Å². The van der Waals surface area contributed by atoms with Crippen molar-refractivity contribution >= 4 is 17.1 Å². The molecule has 1 saturated heterocycles. The minimum atomic E-state index is -0.464. The maximum atomic E-state index is 11.7. The van der Waals surface area contributed by atoms with Gasteiger partial charge in [-0.05, 0) is 25.1 Å². The Morgan fingerprint density at radius 1 is 1.50 bits per heavy atom. The minimum Gasteiger partial charge on any atom is -0.468 e. The second-order valence-corrected chi connectivity index (χ2v) is 5.60. The van der Waals surface area contributed by atoms with Crippen molar-refractivity contribution in [1.82, 2.24) is 9.88 Å². The number of nitrogens with zero attached hydrogens (tertiary/aromatic N) is 2. The first kappa shape index (κ1) is 15.0. The number of aromatic nitrogens is 1. The summed E-state index contributed by atoms with van der Waals surface area (Å²) in [6.07, 6.45) is 1.49. The van der Waals surface area contributed by atoms with Crippen molar-refractivity contribution in [2.24, 2.45) is 0 Å². The van der Waals surface area contributed by atoms with E-state index in [0.29, 0.717) is 31.8 Å². The summed E-state index contributed by atoms with van der Waals surface area (Å²) in [5, 5.41) is 9.75. The molecule has 0 saturated carbocycles. The number of aliphatic hydroxyl groups excluding tert-OH is 1. The number of aryl methyl sites for hydroxylation is 1. The summed E-state index contributed by atoms with van der Waals surface area (Å²) in [7, 11) is 1.38. The average molecular weight is 304 g/mol. The number of carbonyl (C=O) groups excluding carboxylic acids is 1. The summed E-state index contributed by atoms with van der Waals surface area (Å²) in [6.45, 7) is 1.21. The van der Waals surface area contributed by atoms with E-state index in [2.05, 4.69) is 4.98 Å². The standard InChI is InChI=1S/C16H20N2O4/c1-21-16(20)13-9-11(19)10-18(13)8-4-7-15-17-12-5-2-3-6-14(12)22-15/h2-3,5-6,11,13,19H,4,7-10H2,1H3/t11-,13+/m0/s1. The number of methoxy groups -OCH3 is 1. The Hall–Kier alpha value is -1.92. The van der Waals surface area contributed by atoms with Gasteiger partial charge in [0.1, 0.15) is 11.6 Å². The highest BCUT2D eigenvalue weighted by molar-refractivity contribution is 5.76. The molecule has 3 rings (SSSR count). The van der Waals surface area contributed by atoms with Crippen molar-refractivity contribution in [1.29, 1.82) is 0 Å². The fourth-order valence-electron chi connectivity index (χ4n) is 2.97. The van der Waals surface area contributed by atoms with Crippen LogP contribution in [0.5, 0.6) is 0 Å². The molecule has 0 spiro atoms. The number of likely N-dealkylation sites (tertiary alicyclic amines) is 1. The van der Waals surface area contributed by atoms with Crippen LogP contribution >= 0.6 is 0 Å². The Balaban J connectivity index is 1.56. The minimum absolute atomic E-state index is 0.279. The van der Waals surface area contributed by atoms with Crippen LogP contribution < -0.4 is 0 Å². The molecule has 2 heterocycles. The van der Waals surface area contributed by atoms with Crippen molar-refractivity contribution < 1.29 is 19.1 Å². The molecule has 2 aromatic rings. The summed E-state index contributed by atoms with van der Waals surface area (Å²) in [6, 6.07) is 7.33. The molecule has 22 heavy (non-hydrogen) atoms. The van der Waals surface area contributed by atoms with Crippen LogP contribution in [0.15, 0.2) is 28.7 Å². The molecule has 1 aromatic carbocycles. The van der Waals surface area contributed by atoms with Crippen molar-refractivity contribution in [2.45, 2.75) is 31.4 Å². The zero-order valence-corrected chi connectivity index (χ0v) is 12.6. The third-order valence-corrected chi connectivity index (χ3v) is 4.03. The van der Waals surface area contributed by atoms with E-state index in [9.17, 15) is 9.90 Å². The van der Waals surface area contributed by atoms with Gasteiger partial charge in [0.15, 0.2) is 11.5 Å². The fourth-order valence-corrected chi connectivity index (χ4v) is 2.97. The molecule has 2 atom stereocenters. The van der Waals surface area contributed by atoms with Gasteiger partial charge in [-0.15, -0.1) is 0 Å². The second kappa shape index (κ2) is 6.46. The van der Waals surface area contributed by atoms with Crippen molar-refractivity contribution in [3.05, 3.63) is 30.2 Å². The van der Waals surface area contributed by atoms with Crippen LogP contribution in [0.3, 0.4) is 0 Å². The lowest BCUT2D eigenvalue weighted by Gasteiger charge is -2.21. The molecule has 118 valence electrons. The number of carbonyl (C=O) groups is 1. The smallest absolute Gasteiger partial charge is 0.323 e. The zero-order chi connectivity index (χ0) is 15.5. The van der Waals surface area contributed by atoms with Gasteiger partial charge in [0.05, 0.1) is 13.2 Å². The van der Waals surface area contributed by atoms with Crippen LogP contribution in [-0.4, -0.2) is 53.3 Å². The van der Waals surface area contributed by atoms with Gasteiger partial charge in [-0.25, -0.2) is 4.98 Å². The van der Waals surface area contributed by atoms with E-state index in [0.717, 1.165) is 17.5 Å². The zero-order valence-electron chi connectivity index (χ0n) is 12.6. The van der Waals surface area contributed by atoms with Gasteiger partial charge in [-0.3, -0.25) is 9.69 Å². The van der Waals surface area contributed by atoms with Crippen LogP contribution in [0, 0.1) is 0 Å². The molecule has 0 radical (unpaired) electrons. The van der Waals surface area contributed by atoms with Gasteiger partial charge in [-0.2, -0.15) is 0 Å². The number of hydrogen-bond acceptors (Lipinski definition) is 6. The highest BCUT2D eigenvalue weighted by atomic mass is 16.5. The Kier molecular flexibility index (Phi) is 4.40. The first-order valence-electron chi connectivity index (χ1n) is 7.52. The van der Waals surface area contributed by atoms with E-state index in [-0.39, 0.29) is 12.0 Å². The number of hydrogen-bond donors (Lipinski definition) is 1. The van der Waals surface area contributed by atoms with E-state index >= 15 is 0 Å². The molecular formula is C16H20N2O4. The number of aliphatic hydroxyl groups is 1. The molecule has 6 nitrogen and oxygen atoms in total. The lowest BCUT2D eigenvalue weighted by atomic mass is 10.2. The molecule has 1 aromatic heterocycles. The van der Waals surface area contributed by atoms with Crippen LogP contribution in [0.25, 0.3) is 11.1 Å². The predicted molar refractivity (Wildman–Crippen MR) is 80.3 cm³/mol. The highest BCUT2D eigenvalue weighted by Crippen LogP contribution is 2.20. The number of benzene rings is 1. The van der Waals surface area contributed by atoms with E-state index in [4.69, 9.17) is 9.15 Å². The molecule has 0 aliphatic carbocycles. The Morgan fingerprint density at radius 2 is 2.32 bits per heavy atom. The molecule has 6 heteroatoms. The number of para-hydroxylation sites is 2. The van der Waals surface area contributed by atoms with E-state index in [1.807, 2.05) is 29.2 Å². The van der Waals surface area contributed by atoms with Gasteiger partial charge >= 0.3 is 5.97 Å². The number of ether oxygens (including phenoxy) is 1. The number of fused-ring (bicyclic) bond motifs is 1. The lowest BCUT2D eigenvalue weighted by Crippen LogP contribution is -2.37. The summed E-state index contributed by atoms with van der Waals surface area (Å²) >= 11 is 0. The number of β-amino-alcohol motifs (C(OH)–C–C–N with tert-alkyl or cyclic N) is 1. The average Bonchev–Trinajstić information content (AvgIpc) is 3.09. The molecular weight excluding hydrogens is 284 g/mol. The SMILES string of the molecule is COC(=O)[C@H]1C[C@H](O)CN1CCCc1nc2ccccc2o1. The monoisotopic (exact) mass is 304 g/mol. The third kappa shape index (κ3) is 3.13. The summed E-state index contributed by atoms with van der Waals surface area (Å²) in [5.41, 5.74) is 1.66. The molecule has 0 amide bonds. The summed E-state index contributed by atoms with van der Waals surface area (Å²) in [4.78, 5) is 18.1. The normalized spacial score (nSPS) is 22.3. The molecule has 1 N–H and O–H groups in total. The Labute approximate surface area is 128 Å². The molecule has 1 aliphatic heterocycles. The van der Waals surface area contributed by atoms with Crippen LogP contribution in [0.4, 0.5) is 0 Å². The lowest BCUT2D eigenvalue weighted by molar-refractivity contribution is -0.145. The quantitative estimate of drug-likeness (QED) is 0.841. The van der Waals surface area contributed by atoms with Gasteiger partial charge in [0, 0.05) is 19.4 Å². The Bertz CT molecular complexity index is 621. The first-order valence-corrected chi connectivity index (χ1v) is 7.52. The molecule has 0 bridgehead atoms. The van der Waals surface area contributed by atoms with Crippen LogP contribution in [-0.2, 0) is 16.0 Å². The second-order valence-electron chi connectivity index (χ2n) is 5.60. The van der Waals surface area contributed by atoms with Crippen LogP contribution in [0.1, 0.15) is 18.7 Å². The summed E-state index contributed by atoms with van der Waals surface area (Å²) in [5.74, 6) is 0.425. The molecule has 1 fully saturated rings. The van der Waals surface area contributed by atoms with E-state index < -0.39 is 6.10 Å². The fraction of sp³-hybridized carbons (Fsp3) is 0.500. The maximum Gasteiger partial charge on any atom is 0.323 e. The van der Waals surface area contributed by atoms with Crippen molar-refractivity contribution in [3.63, 3.8) is 0 Å². The number of oxazole rings is 1. The predicted octanol–water partition coefficient (Wildman–Crippen LogP) is 1.37.